The Labute approximate surface area is 99.4 Å². The third kappa shape index (κ3) is 4.01. The van der Waals surface area contributed by atoms with Gasteiger partial charge in [0.15, 0.2) is 0 Å². The number of nitro groups is 1. The first-order valence-electron chi connectivity index (χ1n) is 5.20. The molecule has 0 amide bonds. The van der Waals surface area contributed by atoms with E-state index in [-0.39, 0.29) is 12.3 Å². The minimum Gasteiger partial charge on any atom is -0.389 e. The highest BCUT2D eigenvalue weighted by Crippen LogP contribution is 2.21. The summed E-state index contributed by atoms with van der Waals surface area (Å²) in [6, 6.07) is 4.74. The van der Waals surface area contributed by atoms with Gasteiger partial charge >= 0.3 is 0 Å². The van der Waals surface area contributed by atoms with E-state index in [4.69, 9.17) is 4.74 Å². The number of nitrogens with zero attached hydrogens (tertiary/aromatic N) is 1. The Hall–Kier alpha value is -1.66. The van der Waals surface area contributed by atoms with Crippen LogP contribution in [0.4, 0.5) is 11.4 Å². The van der Waals surface area contributed by atoms with Gasteiger partial charge in [-0.05, 0) is 19.1 Å². The van der Waals surface area contributed by atoms with E-state index in [0.29, 0.717) is 12.1 Å². The molecule has 0 heterocycles. The Balaban J connectivity index is 2.62. The van der Waals surface area contributed by atoms with Gasteiger partial charge in [0.05, 0.1) is 17.6 Å². The summed E-state index contributed by atoms with van der Waals surface area (Å²) in [7, 11) is 1.51. The fourth-order valence-corrected chi connectivity index (χ4v) is 1.46. The van der Waals surface area contributed by atoms with Crippen molar-refractivity contribution < 1.29 is 14.8 Å². The molecule has 0 saturated heterocycles. The molecule has 0 saturated carbocycles. The molecule has 0 aliphatic carbocycles. The van der Waals surface area contributed by atoms with Crippen LogP contribution in [0, 0.1) is 17.0 Å². The van der Waals surface area contributed by atoms with Crippen LogP contribution >= 0.6 is 0 Å². The molecule has 0 fully saturated rings. The van der Waals surface area contributed by atoms with Crippen LogP contribution in [0.3, 0.4) is 0 Å². The lowest BCUT2D eigenvalue weighted by molar-refractivity contribution is -0.385. The number of rotatable bonds is 6. The summed E-state index contributed by atoms with van der Waals surface area (Å²) >= 11 is 0. The summed E-state index contributed by atoms with van der Waals surface area (Å²) in [6.07, 6.45) is -0.601. The smallest absolute Gasteiger partial charge is 0.272 e. The number of hydrogen-bond acceptors (Lipinski definition) is 5. The van der Waals surface area contributed by atoms with E-state index in [2.05, 4.69) is 5.32 Å². The molecule has 94 valence electrons. The van der Waals surface area contributed by atoms with Crippen molar-refractivity contribution in [3.8, 4) is 0 Å². The van der Waals surface area contributed by atoms with Crippen molar-refractivity contribution in [1.82, 2.24) is 0 Å². The van der Waals surface area contributed by atoms with Crippen LogP contribution in [0.25, 0.3) is 0 Å². The number of aryl methyl sites for hydroxylation is 1. The lowest BCUT2D eigenvalue weighted by Crippen LogP contribution is -2.24. The standard InChI is InChI=1S/C11H16N2O4/c1-8-5-9(3-4-11(8)13(15)16)12-6-10(14)7-17-2/h3-5,10,12,14H,6-7H2,1-2H3/t10-/m1/s1. The van der Waals surface area contributed by atoms with Gasteiger partial charge < -0.3 is 15.2 Å². The summed E-state index contributed by atoms with van der Waals surface area (Å²) < 4.78 is 4.79. The first-order chi connectivity index (χ1) is 8.04. The first kappa shape index (κ1) is 13.4. The monoisotopic (exact) mass is 240 g/mol. The summed E-state index contributed by atoms with van der Waals surface area (Å²) in [5.41, 5.74) is 1.41. The maximum Gasteiger partial charge on any atom is 0.272 e. The lowest BCUT2D eigenvalue weighted by atomic mass is 10.2. The zero-order chi connectivity index (χ0) is 12.8. The van der Waals surface area contributed by atoms with Crippen LogP contribution in [0.5, 0.6) is 0 Å². The summed E-state index contributed by atoms with van der Waals surface area (Å²) in [4.78, 5) is 10.2. The number of benzene rings is 1. The normalized spacial score (nSPS) is 12.2. The zero-order valence-electron chi connectivity index (χ0n) is 9.84. The zero-order valence-corrected chi connectivity index (χ0v) is 9.84. The van der Waals surface area contributed by atoms with Crippen molar-refractivity contribution in [2.45, 2.75) is 13.0 Å². The SMILES string of the molecule is COC[C@H](O)CNc1ccc([N+](=O)[O-])c(C)c1. The Morgan fingerprint density at radius 2 is 2.29 bits per heavy atom. The molecule has 6 nitrogen and oxygen atoms in total. The van der Waals surface area contributed by atoms with E-state index < -0.39 is 11.0 Å². The summed E-state index contributed by atoms with van der Waals surface area (Å²) in [6.45, 7) is 2.26. The molecule has 17 heavy (non-hydrogen) atoms. The molecule has 0 spiro atoms. The molecule has 0 aliphatic rings. The second-order valence-electron chi connectivity index (χ2n) is 3.75. The van der Waals surface area contributed by atoms with Gasteiger partial charge in [-0.3, -0.25) is 10.1 Å². The molecule has 1 aromatic rings. The van der Waals surface area contributed by atoms with Gasteiger partial charge in [-0.1, -0.05) is 0 Å². The van der Waals surface area contributed by atoms with E-state index in [0.717, 1.165) is 5.69 Å². The number of nitrogens with one attached hydrogen (secondary N) is 1. The number of hydrogen-bond donors (Lipinski definition) is 2. The minimum atomic E-state index is -0.601. The van der Waals surface area contributed by atoms with E-state index >= 15 is 0 Å². The van der Waals surface area contributed by atoms with Gasteiger partial charge in [-0.25, -0.2) is 0 Å². The van der Waals surface area contributed by atoms with Crippen molar-refractivity contribution in [2.24, 2.45) is 0 Å². The predicted octanol–water partition coefficient (Wildman–Crippen LogP) is 1.32. The molecular weight excluding hydrogens is 224 g/mol. The van der Waals surface area contributed by atoms with E-state index in [1.165, 1.54) is 13.2 Å². The van der Waals surface area contributed by atoms with Crippen LogP contribution < -0.4 is 5.32 Å². The number of nitro benzene ring substituents is 1. The highest BCUT2D eigenvalue weighted by atomic mass is 16.6. The summed E-state index contributed by atoms with van der Waals surface area (Å²) in [5, 5.41) is 23.0. The molecule has 2 N–H and O–H groups in total. The predicted molar refractivity (Wildman–Crippen MR) is 64.2 cm³/mol. The number of methoxy groups -OCH3 is 1. The van der Waals surface area contributed by atoms with Gasteiger partial charge in [0.25, 0.3) is 5.69 Å². The van der Waals surface area contributed by atoms with Crippen molar-refractivity contribution in [3.63, 3.8) is 0 Å². The highest BCUT2D eigenvalue weighted by Gasteiger charge is 2.10. The minimum absolute atomic E-state index is 0.0907. The summed E-state index contributed by atoms with van der Waals surface area (Å²) in [5.74, 6) is 0. The molecule has 6 heteroatoms. The second-order valence-corrected chi connectivity index (χ2v) is 3.75. The molecule has 0 aromatic heterocycles. The molecule has 1 rings (SSSR count). The van der Waals surface area contributed by atoms with Crippen LogP contribution in [-0.2, 0) is 4.74 Å². The first-order valence-corrected chi connectivity index (χ1v) is 5.20. The largest absolute Gasteiger partial charge is 0.389 e. The number of aliphatic hydroxyl groups is 1. The number of anilines is 1. The van der Waals surface area contributed by atoms with E-state index in [1.54, 1.807) is 19.1 Å². The molecule has 1 aromatic carbocycles. The van der Waals surface area contributed by atoms with E-state index in [9.17, 15) is 15.2 Å². The fraction of sp³-hybridized carbons (Fsp3) is 0.455. The second kappa shape index (κ2) is 6.17. The van der Waals surface area contributed by atoms with Crippen molar-refractivity contribution >= 4 is 11.4 Å². The Morgan fingerprint density at radius 1 is 1.59 bits per heavy atom. The van der Waals surface area contributed by atoms with Crippen LogP contribution in [-0.4, -0.2) is 36.4 Å². The quantitative estimate of drug-likeness (QED) is 0.578. The van der Waals surface area contributed by atoms with Gasteiger partial charge in [0.1, 0.15) is 0 Å². The topological polar surface area (TPSA) is 84.6 Å². The maximum atomic E-state index is 10.6. The molecule has 0 bridgehead atoms. The van der Waals surface area contributed by atoms with Gasteiger partial charge in [-0.15, -0.1) is 0 Å². The Kier molecular flexibility index (Phi) is 4.86. The Bertz CT molecular complexity index is 395. The fourth-order valence-electron chi connectivity index (χ4n) is 1.46. The Morgan fingerprint density at radius 3 is 2.82 bits per heavy atom. The molecular formula is C11H16N2O4. The molecule has 0 radical (unpaired) electrons. The third-order valence-corrected chi connectivity index (χ3v) is 2.29. The average Bonchev–Trinajstić information content (AvgIpc) is 2.26. The third-order valence-electron chi connectivity index (χ3n) is 2.29. The number of aliphatic hydroxyl groups excluding tert-OH is 1. The lowest BCUT2D eigenvalue weighted by Gasteiger charge is -2.12. The maximum absolute atomic E-state index is 10.6. The van der Waals surface area contributed by atoms with E-state index in [1.807, 2.05) is 0 Å². The van der Waals surface area contributed by atoms with Crippen molar-refractivity contribution in [2.75, 3.05) is 25.6 Å². The van der Waals surface area contributed by atoms with Gasteiger partial charge in [-0.2, -0.15) is 0 Å². The van der Waals surface area contributed by atoms with Crippen molar-refractivity contribution in [3.05, 3.63) is 33.9 Å². The van der Waals surface area contributed by atoms with Crippen LogP contribution in [0.1, 0.15) is 5.56 Å². The number of ether oxygens (including phenoxy) is 1. The van der Waals surface area contributed by atoms with Gasteiger partial charge in [0.2, 0.25) is 0 Å². The van der Waals surface area contributed by atoms with Gasteiger partial charge in [0, 0.05) is 31.0 Å². The highest BCUT2D eigenvalue weighted by molar-refractivity contribution is 5.53. The van der Waals surface area contributed by atoms with Crippen LogP contribution in [0.2, 0.25) is 0 Å². The van der Waals surface area contributed by atoms with Crippen molar-refractivity contribution in [1.29, 1.82) is 0 Å². The average molecular weight is 240 g/mol. The molecule has 0 aliphatic heterocycles. The van der Waals surface area contributed by atoms with Crippen LogP contribution in [0.15, 0.2) is 18.2 Å². The molecule has 0 unspecified atom stereocenters. The molecule has 1 atom stereocenters.